The van der Waals surface area contributed by atoms with Crippen LogP contribution in [0.25, 0.3) is 22.2 Å². The van der Waals surface area contributed by atoms with E-state index in [2.05, 4.69) is 59.1 Å². The van der Waals surface area contributed by atoms with Crippen LogP contribution in [0.2, 0.25) is 0 Å². The Labute approximate surface area is 148 Å². The largest absolute Gasteiger partial charge is 0.387 e. The molecule has 0 bridgehead atoms. The molecule has 0 radical (unpaired) electrons. The van der Waals surface area contributed by atoms with Crippen molar-refractivity contribution in [3.63, 3.8) is 0 Å². The molecule has 1 aromatic heterocycles. The summed E-state index contributed by atoms with van der Waals surface area (Å²) >= 11 is 0. The lowest BCUT2D eigenvalue weighted by atomic mass is 10.0. The molecule has 0 saturated heterocycles. The van der Waals surface area contributed by atoms with Crippen molar-refractivity contribution in [3.05, 3.63) is 53.3 Å². The van der Waals surface area contributed by atoms with E-state index < -0.39 is 0 Å². The third-order valence-corrected chi connectivity index (χ3v) is 4.13. The molecule has 25 heavy (non-hydrogen) atoms. The van der Waals surface area contributed by atoms with E-state index in [1.807, 2.05) is 19.9 Å². The summed E-state index contributed by atoms with van der Waals surface area (Å²) in [5.74, 6) is 0.683. The molecule has 2 N–H and O–H groups in total. The molecular weight excluding hydrogens is 308 g/mol. The van der Waals surface area contributed by atoms with Crippen LogP contribution in [0, 0.1) is 13.8 Å². The van der Waals surface area contributed by atoms with Crippen molar-refractivity contribution in [2.45, 2.75) is 40.5 Å². The first-order valence-corrected chi connectivity index (χ1v) is 8.73. The fourth-order valence-corrected chi connectivity index (χ4v) is 2.80. The van der Waals surface area contributed by atoms with Gasteiger partial charge in [-0.25, -0.2) is 15.0 Å². The smallest absolute Gasteiger partial charge is 0.104 e. The maximum absolute atomic E-state index is 5.81. The summed E-state index contributed by atoms with van der Waals surface area (Å²) in [4.78, 5) is 13.6. The summed E-state index contributed by atoms with van der Waals surface area (Å²) in [6.45, 7) is 8.22. The zero-order valence-electron chi connectivity index (χ0n) is 15.3. The van der Waals surface area contributed by atoms with Crippen LogP contribution in [0.15, 0.2) is 41.4 Å². The van der Waals surface area contributed by atoms with Gasteiger partial charge in [0.15, 0.2) is 0 Å². The monoisotopic (exact) mass is 332 g/mol. The van der Waals surface area contributed by atoms with Crippen LogP contribution in [0.3, 0.4) is 0 Å². The maximum atomic E-state index is 5.81. The molecule has 0 spiro atoms. The summed E-state index contributed by atoms with van der Waals surface area (Å²) < 4.78 is 0. The molecule has 2 heterocycles. The quantitative estimate of drug-likeness (QED) is 0.691. The molecule has 128 valence electrons. The van der Waals surface area contributed by atoms with Gasteiger partial charge >= 0.3 is 0 Å². The van der Waals surface area contributed by atoms with Gasteiger partial charge in [0.05, 0.1) is 28.1 Å². The molecule has 0 unspecified atom stereocenters. The van der Waals surface area contributed by atoms with E-state index >= 15 is 0 Å². The summed E-state index contributed by atoms with van der Waals surface area (Å²) in [5, 5.41) is 0. The lowest BCUT2D eigenvalue weighted by Gasteiger charge is -2.07. The predicted molar refractivity (Wildman–Crippen MR) is 105 cm³/mol. The third kappa shape index (κ3) is 3.53. The van der Waals surface area contributed by atoms with Crippen molar-refractivity contribution >= 4 is 22.6 Å². The average Bonchev–Trinajstić information content (AvgIpc) is 2.95. The van der Waals surface area contributed by atoms with Gasteiger partial charge in [0.1, 0.15) is 5.84 Å². The molecule has 0 fully saturated rings. The van der Waals surface area contributed by atoms with Gasteiger partial charge in [0, 0.05) is 6.42 Å². The van der Waals surface area contributed by atoms with Crippen molar-refractivity contribution in [2.24, 2.45) is 10.7 Å². The van der Waals surface area contributed by atoms with Gasteiger partial charge in [0.2, 0.25) is 0 Å². The molecule has 1 aliphatic rings. The second-order valence-corrected chi connectivity index (χ2v) is 6.43. The highest BCUT2D eigenvalue weighted by atomic mass is 14.9. The van der Waals surface area contributed by atoms with Crippen LogP contribution >= 0.6 is 0 Å². The zero-order chi connectivity index (χ0) is 18.0. The molecule has 3 aromatic rings. The first kappa shape index (κ1) is 17.1. The summed E-state index contributed by atoms with van der Waals surface area (Å²) in [6, 6.07) is 12.5. The maximum Gasteiger partial charge on any atom is 0.104 e. The van der Waals surface area contributed by atoms with E-state index in [1.165, 1.54) is 12.0 Å². The number of aliphatic imine (C=N–C) groups is 1. The van der Waals surface area contributed by atoms with E-state index in [1.54, 1.807) is 0 Å². The normalized spacial score (nSPS) is 12.4. The Bertz CT molecular complexity index is 958. The number of amidine groups is 1. The minimum atomic E-state index is 0.683. The van der Waals surface area contributed by atoms with Gasteiger partial charge in [-0.05, 0) is 48.7 Å². The van der Waals surface area contributed by atoms with Gasteiger partial charge in [-0.15, -0.1) is 0 Å². The fourth-order valence-electron chi connectivity index (χ4n) is 2.80. The van der Waals surface area contributed by atoms with Crippen LogP contribution in [0.1, 0.15) is 37.2 Å². The van der Waals surface area contributed by atoms with Crippen molar-refractivity contribution in [1.29, 1.82) is 0 Å². The van der Waals surface area contributed by atoms with E-state index in [4.69, 9.17) is 5.73 Å². The van der Waals surface area contributed by atoms with Crippen molar-refractivity contribution in [3.8, 4) is 11.1 Å². The Morgan fingerprint density at radius 1 is 0.880 bits per heavy atom. The highest BCUT2D eigenvalue weighted by Crippen LogP contribution is 2.32. The minimum Gasteiger partial charge on any atom is -0.387 e. The molecule has 1 aliphatic heterocycles. The van der Waals surface area contributed by atoms with Crippen molar-refractivity contribution in [2.75, 3.05) is 0 Å². The second-order valence-electron chi connectivity index (χ2n) is 6.43. The Morgan fingerprint density at radius 3 is 2.20 bits per heavy atom. The number of nitrogens with zero attached hydrogens (tertiary/aromatic N) is 3. The average molecular weight is 332 g/mol. The van der Waals surface area contributed by atoms with Gasteiger partial charge in [-0.2, -0.15) is 0 Å². The summed E-state index contributed by atoms with van der Waals surface area (Å²) in [6.07, 6.45) is 2.00. The molecule has 0 aliphatic carbocycles. The van der Waals surface area contributed by atoms with E-state index in [0.29, 0.717) is 5.84 Å². The van der Waals surface area contributed by atoms with Crippen LogP contribution in [-0.4, -0.2) is 15.8 Å². The zero-order valence-corrected chi connectivity index (χ0v) is 15.3. The van der Waals surface area contributed by atoms with E-state index in [-0.39, 0.29) is 0 Å². The van der Waals surface area contributed by atoms with Gasteiger partial charge in [0.25, 0.3) is 0 Å². The molecule has 4 rings (SSSR count). The molecule has 0 amide bonds. The number of nitrogens with two attached hydrogens (primary N) is 1. The summed E-state index contributed by atoms with van der Waals surface area (Å²) in [7, 11) is 0. The topological polar surface area (TPSA) is 64.2 Å². The SMILES string of the molecule is CCC.Cc1nc2ccc(-c3ccc4c(c3)N=C(N)C4)cc2nc1C. The van der Waals surface area contributed by atoms with Gasteiger partial charge in [-0.3, -0.25) is 0 Å². The van der Waals surface area contributed by atoms with E-state index in [9.17, 15) is 0 Å². The third-order valence-electron chi connectivity index (χ3n) is 4.13. The van der Waals surface area contributed by atoms with Crippen LogP contribution in [-0.2, 0) is 6.42 Å². The van der Waals surface area contributed by atoms with Crippen molar-refractivity contribution in [1.82, 2.24) is 9.97 Å². The van der Waals surface area contributed by atoms with Crippen LogP contribution in [0.5, 0.6) is 0 Å². The second kappa shape index (κ2) is 7.01. The fraction of sp³-hybridized carbons (Fsp3) is 0.286. The Balaban J connectivity index is 0.000000569. The molecular formula is C21H24N4. The molecule has 4 nitrogen and oxygen atoms in total. The number of aryl methyl sites for hydroxylation is 2. The highest BCUT2D eigenvalue weighted by Gasteiger charge is 2.13. The standard InChI is InChI=1S/C18H16N4.C3H8/c1-10-11(2)21-17-8-13(5-6-15(17)20-10)12-3-4-14-9-18(19)22-16(14)7-12;1-3-2/h3-8H,9H2,1-2H3,(H2,19,22);3H2,1-2H3. The van der Waals surface area contributed by atoms with Crippen LogP contribution < -0.4 is 5.73 Å². The van der Waals surface area contributed by atoms with E-state index in [0.717, 1.165) is 45.7 Å². The highest BCUT2D eigenvalue weighted by molar-refractivity contribution is 5.92. The molecule has 0 atom stereocenters. The molecule has 4 heteroatoms. The number of fused-ring (bicyclic) bond motifs is 2. The molecule has 2 aromatic carbocycles. The van der Waals surface area contributed by atoms with Gasteiger partial charge in [-0.1, -0.05) is 38.5 Å². The first-order chi connectivity index (χ1) is 12.0. The summed E-state index contributed by atoms with van der Waals surface area (Å²) in [5.41, 5.74) is 14.0. The number of hydrogen-bond donors (Lipinski definition) is 1. The minimum absolute atomic E-state index is 0.683. The Hall–Kier alpha value is -2.75. The first-order valence-electron chi connectivity index (χ1n) is 8.73. The number of hydrogen-bond acceptors (Lipinski definition) is 4. The Morgan fingerprint density at radius 2 is 1.48 bits per heavy atom. The molecule has 0 saturated carbocycles. The lowest BCUT2D eigenvalue weighted by Crippen LogP contribution is -2.09. The van der Waals surface area contributed by atoms with Crippen LogP contribution in [0.4, 0.5) is 5.69 Å². The number of aromatic nitrogens is 2. The number of benzene rings is 2. The number of rotatable bonds is 1. The predicted octanol–water partition coefficient (Wildman–Crippen LogP) is 4.87. The van der Waals surface area contributed by atoms with Gasteiger partial charge < -0.3 is 5.73 Å². The van der Waals surface area contributed by atoms with Crippen molar-refractivity contribution < 1.29 is 0 Å². The lowest BCUT2D eigenvalue weighted by molar-refractivity contribution is 1.09. The Kier molecular flexibility index (Phi) is 4.79.